The van der Waals surface area contributed by atoms with Crippen molar-refractivity contribution in [2.45, 2.75) is 30.2 Å². The van der Waals surface area contributed by atoms with Crippen LogP contribution in [0.15, 0.2) is 65.9 Å². The summed E-state index contributed by atoms with van der Waals surface area (Å²) in [5, 5.41) is 4.03. The second-order valence-corrected chi connectivity index (χ2v) is 10.5. The molecule has 1 aliphatic heterocycles. The van der Waals surface area contributed by atoms with Crippen LogP contribution in [-0.2, 0) is 16.4 Å². The predicted octanol–water partition coefficient (Wildman–Crippen LogP) is 2.48. The van der Waals surface area contributed by atoms with E-state index in [1.165, 1.54) is 22.5 Å². The minimum Gasteiger partial charge on any atom is -0.338 e. The van der Waals surface area contributed by atoms with Gasteiger partial charge in [-0.3, -0.25) is 9.59 Å². The maximum Gasteiger partial charge on any atom is 0.314 e. The van der Waals surface area contributed by atoms with E-state index in [0.29, 0.717) is 37.1 Å². The Morgan fingerprint density at radius 3 is 2.55 bits per heavy atom. The highest BCUT2D eigenvalue weighted by molar-refractivity contribution is 9.10. The van der Waals surface area contributed by atoms with E-state index in [0.717, 1.165) is 10.0 Å². The number of hydrogen-bond donors (Lipinski definition) is 2. The first kappa shape index (κ1) is 21.7. The molecule has 1 fully saturated rings. The van der Waals surface area contributed by atoms with Crippen LogP contribution in [0.4, 0.5) is 0 Å². The Kier molecular flexibility index (Phi) is 5.51. The molecule has 33 heavy (non-hydrogen) atoms. The fourth-order valence-electron chi connectivity index (χ4n) is 3.92. The van der Waals surface area contributed by atoms with Gasteiger partial charge in [0, 0.05) is 17.4 Å². The van der Waals surface area contributed by atoms with Crippen LogP contribution in [0.3, 0.4) is 0 Å². The average Bonchev–Trinajstić information content (AvgIpc) is 3.46. The third-order valence-corrected chi connectivity index (χ3v) is 7.98. The Hall–Kier alpha value is -3.09. The van der Waals surface area contributed by atoms with E-state index in [4.69, 9.17) is 4.52 Å². The number of sulfonamides is 1. The molecule has 2 N–H and O–H groups in total. The zero-order valence-electron chi connectivity index (χ0n) is 17.1. The van der Waals surface area contributed by atoms with Crippen molar-refractivity contribution in [1.82, 2.24) is 24.4 Å². The summed E-state index contributed by atoms with van der Waals surface area (Å²) >= 11 is 3.40. The molecule has 5 rings (SSSR count). The van der Waals surface area contributed by atoms with E-state index >= 15 is 0 Å². The number of nitrogens with one attached hydrogen (secondary N) is 2. The van der Waals surface area contributed by atoms with Crippen molar-refractivity contribution in [3.63, 3.8) is 0 Å². The Balaban J connectivity index is 1.43. The standard InChI is InChI=1S/C21H18BrN5O5S/c22-13-5-3-12(4-6-13)10-18-25-21(32-26-18)17-2-1-9-27(17)33(30,31)14-7-8-15-16(11-14)24-20(29)19(28)23-15/h3-8,11,17H,1-2,9-10H2,(H,23,28)(H,24,29). The fourth-order valence-corrected chi connectivity index (χ4v) is 5.87. The minimum atomic E-state index is -3.92. The molecule has 0 amide bonds. The molecular formula is C21H18BrN5O5S. The quantitative estimate of drug-likeness (QED) is 0.376. The van der Waals surface area contributed by atoms with Gasteiger partial charge in [0.15, 0.2) is 5.82 Å². The number of rotatable bonds is 5. The molecule has 170 valence electrons. The van der Waals surface area contributed by atoms with Crippen LogP contribution in [0.5, 0.6) is 0 Å². The summed E-state index contributed by atoms with van der Waals surface area (Å²) in [5.74, 6) is 0.727. The number of nitrogens with zero attached hydrogens (tertiary/aromatic N) is 3. The number of aromatic nitrogens is 4. The summed E-state index contributed by atoms with van der Waals surface area (Å²) in [6, 6.07) is 11.4. The van der Waals surface area contributed by atoms with Crippen LogP contribution >= 0.6 is 15.9 Å². The van der Waals surface area contributed by atoms with Gasteiger partial charge in [0.1, 0.15) is 6.04 Å². The SMILES string of the molecule is O=c1[nH]c2ccc(S(=O)(=O)N3CCCC3c3nc(Cc4ccc(Br)cc4)no3)cc2[nH]c1=O. The highest BCUT2D eigenvalue weighted by Crippen LogP contribution is 2.36. The van der Waals surface area contributed by atoms with Gasteiger partial charge in [-0.25, -0.2) is 8.42 Å². The molecule has 0 bridgehead atoms. The Morgan fingerprint density at radius 1 is 1.06 bits per heavy atom. The lowest BCUT2D eigenvalue weighted by Crippen LogP contribution is -2.31. The van der Waals surface area contributed by atoms with Gasteiger partial charge < -0.3 is 14.5 Å². The van der Waals surface area contributed by atoms with Gasteiger partial charge >= 0.3 is 11.1 Å². The summed E-state index contributed by atoms with van der Waals surface area (Å²) in [6.45, 7) is 0.303. The Bertz CT molecular complexity index is 1560. The molecule has 3 heterocycles. The number of halogens is 1. The molecule has 12 heteroatoms. The van der Waals surface area contributed by atoms with Crippen LogP contribution in [0.25, 0.3) is 11.0 Å². The van der Waals surface area contributed by atoms with E-state index in [1.807, 2.05) is 24.3 Å². The monoisotopic (exact) mass is 531 g/mol. The first-order valence-corrected chi connectivity index (χ1v) is 12.4. The second kappa shape index (κ2) is 8.36. The van der Waals surface area contributed by atoms with E-state index in [2.05, 4.69) is 36.0 Å². The van der Waals surface area contributed by atoms with Gasteiger partial charge in [-0.2, -0.15) is 9.29 Å². The topological polar surface area (TPSA) is 142 Å². The van der Waals surface area contributed by atoms with Crippen LogP contribution in [0.2, 0.25) is 0 Å². The lowest BCUT2D eigenvalue weighted by atomic mass is 10.1. The van der Waals surface area contributed by atoms with E-state index in [9.17, 15) is 18.0 Å². The minimum absolute atomic E-state index is 0.000741. The van der Waals surface area contributed by atoms with E-state index in [-0.39, 0.29) is 16.3 Å². The molecule has 2 aromatic carbocycles. The highest BCUT2D eigenvalue weighted by Gasteiger charge is 2.39. The van der Waals surface area contributed by atoms with Gasteiger partial charge in [-0.1, -0.05) is 33.2 Å². The molecule has 1 unspecified atom stereocenters. The Labute approximate surface area is 195 Å². The maximum absolute atomic E-state index is 13.4. The van der Waals surface area contributed by atoms with Crippen molar-refractivity contribution in [3.05, 3.63) is 84.9 Å². The zero-order valence-corrected chi connectivity index (χ0v) is 19.5. The van der Waals surface area contributed by atoms with Crippen LogP contribution < -0.4 is 11.1 Å². The molecule has 0 spiro atoms. The van der Waals surface area contributed by atoms with Crippen molar-refractivity contribution in [3.8, 4) is 0 Å². The van der Waals surface area contributed by atoms with Crippen molar-refractivity contribution in [2.24, 2.45) is 0 Å². The van der Waals surface area contributed by atoms with Gasteiger partial charge in [0.2, 0.25) is 15.9 Å². The summed E-state index contributed by atoms with van der Waals surface area (Å²) in [4.78, 5) is 32.4. The van der Waals surface area contributed by atoms with Gasteiger partial charge in [0.25, 0.3) is 0 Å². The van der Waals surface area contributed by atoms with E-state index < -0.39 is 27.2 Å². The summed E-state index contributed by atoms with van der Waals surface area (Å²) < 4.78 is 34.6. The van der Waals surface area contributed by atoms with Gasteiger partial charge in [-0.15, -0.1) is 0 Å². The van der Waals surface area contributed by atoms with Crippen LogP contribution in [0, 0.1) is 0 Å². The zero-order chi connectivity index (χ0) is 23.2. The van der Waals surface area contributed by atoms with Gasteiger partial charge in [-0.05, 0) is 48.7 Å². The first-order chi connectivity index (χ1) is 15.8. The van der Waals surface area contributed by atoms with Crippen molar-refractivity contribution in [2.75, 3.05) is 6.54 Å². The molecule has 0 saturated carbocycles. The highest BCUT2D eigenvalue weighted by atomic mass is 79.9. The first-order valence-electron chi connectivity index (χ1n) is 10.2. The third-order valence-electron chi connectivity index (χ3n) is 5.55. The van der Waals surface area contributed by atoms with Crippen LogP contribution in [-0.4, -0.2) is 39.4 Å². The lowest BCUT2D eigenvalue weighted by Gasteiger charge is -2.21. The summed E-state index contributed by atoms with van der Waals surface area (Å²) in [5.41, 5.74) is -0.0741. The number of benzene rings is 2. The number of fused-ring (bicyclic) bond motifs is 1. The second-order valence-electron chi connectivity index (χ2n) is 7.74. The molecule has 0 aliphatic carbocycles. The van der Waals surface area contributed by atoms with Crippen LogP contribution in [0.1, 0.15) is 36.2 Å². The van der Waals surface area contributed by atoms with Crippen molar-refractivity contribution < 1.29 is 12.9 Å². The van der Waals surface area contributed by atoms with Gasteiger partial charge in [0.05, 0.1) is 15.9 Å². The molecule has 1 aliphatic rings. The normalized spacial score (nSPS) is 17.1. The third kappa shape index (κ3) is 4.16. The number of hydrogen-bond acceptors (Lipinski definition) is 7. The smallest absolute Gasteiger partial charge is 0.314 e. The Morgan fingerprint density at radius 2 is 1.79 bits per heavy atom. The summed E-state index contributed by atoms with van der Waals surface area (Å²) in [6.07, 6.45) is 1.66. The average molecular weight is 532 g/mol. The molecule has 0 radical (unpaired) electrons. The number of H-pyrrole nitrogens is 2. The molecule has 4 aromatic rings. The number of aromatic amines is 2. The van der Waals surface area contributed by atoms with E-state index in [1.54, 1.807) is 0 Å². The van der Waals surface area contributed by atoms with Crippen molar-refractivity contribution in [1.29, 1.82) is 0 Å². The lowest BCUT2D eigenvalue weighted by molar-refractivity contribution is 0.289. The molecule has 2 aromatic heterocycles. The molecule has 1 saturated heterocycles. The fraction of sp³-hybridized carbons (Fsp3) is 0.238. The predicted molar refractivity (Wildman–Crippen MR) is 122 cm³/mol. The maximum atomic E-state index is 13.4. The summed E-state index contributed by atoms with van der Waals surface area (Å²) in [7, 11) is -3.92. The molecule has 1 atom stereocenters. The van der Waals surface area contributed by atoms with Crippen molar-refractivity contribution >= 4 is 37.0 Å². The largest absolute Gasteiger partial charge is 0.338 e. The molecular weight excluding hydrogens is 514 g/mol. The molecule has 10 nitrogen and oxygen atoms in total.